The van der Waals surface area contributed by atoms with Gasteiger partial charge in [0.25, 0.3) is 0 Å². The lowest BCUT2D eigenvalue weighted by Gasteiger charge is -2.33. The van der Waals surface area contributed by atoms with Crippen LogP contribution in [0.3, 0.4) is 0 Å². The maximum absolute atomic E-state index is 12.2. The second kappa shape index (κ2) is 7.98. The van der Waals surface area contributed by atoms with Crippen LogP contribution >= 0.6 is 11.8 Å². The van der Waals surface area contributed by atoms with Crippen LogP contribution in [0.1, 0.15) is 39.5 Å². The van der Waals surface area contributed by atoms with E-state index in [0.29, 0.717) is 5.92 Å². The molecule has 1 aliphatic heterocycles. The molecular weight excluding hydrogens is 234 g/mol. The van der Waals surface area contributed by atoms with Gasteiger partial charge in [-0.15, -0.1) is 11.8 Å². The van der Waals surface area contributed by atoms with Crippen LogP contribution in [-0.4, -0.2) is 46.6 Å². The molecule has 1 amide bonds. The molecule has 1 heterocycles. The molecule has 4 heteroatoms. The second-order valence-electron chi connectivity index (χ2n) is 4.84. The summed E-state index contributed by atoms with van der Waals surface area (Å²) in [5, 5.41) is 9.23. The predicted molar refractivity (Wildman–Crippen MR) is 73.2 cm³/mol. The minimum Gasteiger partial charge on any atom is -0.396 e. The molecule has 1 fully saturated rings. The molecule has 1 rings (SSSR count). The summed E-state index contributed by atoms with van der Waals surface area (Å²) in [4.78, 5) is 14.1. The molecule has 1 saturated heterocycles. The first-order valence-electron chi connectivity index (χ1n) is 6.70. The van der Waals surface area contributed by atoms with E-state index in [9.17, 15) is 4.79 Å². The van der Waals surface area contributed by atoms with Crippen LogP contribution in [0.25, 0.3) is 0 Å². The molecule has 0 aromatic rings. The zero-order chi connectivity index (χ0) is 12.7. The Morgan fingerprint density at radius 1 is 1.59 bits per heavy atom. The van der Waals surface area contributed by atoms with E-state index in [4.69, 9.17) is 5.11 Å². The minimum atomic E-state index is 0.0685. The zero-order valence-corrected chi connectivity index (χ0v) is 11.8. The maximum atomic E-state index is 12.2. The second-order valence-corrected chi connectivity index (χ2v) is 6.29. The van der Waals surface area contributed by atoms with Gasteiger partial charge in [0.2, 0.25) is 5.91 Å². The molecule has 1 aliphatic rings. The Labute approximate surface area is 109 Å². The molecule has 2 unspecified atom stereocenters. The first-order valence-corrected chi connectivity index (χ1v) is 7.75. The fourth-order valence-corrected chi connectivity index (χ4v) is 3.25. The summed E-state index contributed by atoms with van der Waals surface area (Å²) in [5.41, 5.74) is 0. The van der Waals surface area contributed by atoms with Crippen molar-refractivity contribution in [2.24, 2.45) is 5.92 Å². The van der Waals surface area contributed by atoms with Crippen molar-refractivity contribution in [3.05, 3.63) is 0 Å². The first kappa shape index (κ1) is 14.8. The lowest BCUT2D eigenvalue weighted by Crippen LogP contribution is -2.44. The van der Waals surface area contributed by atoms with Crippen molar-refractivity contribution in [3.8, 4) is 0 Å². The summed E-state index contributed by atoms with van der Waals surface area (Å²) in [5.74, 6) is 1.62. The molecule has 0 aromatic heterocycles. The van der Waals surface area contributed by atoms with Gasteiger partial charge in [0.05, 0.1) is 5.25 Å². The van der Waals surface area contributed by atoms with Crippen molar-refractivity contribution in [2.75, 3.05) is 25.4 Å². The molecule has 0 radical (unpaired) electrons. The molecule has 0 saturated carbocycles. The van der Waals surface area contributed by atoms with Crippen LogP contribution in [0.15, 0.2) is 0 Å². The number of nitrogens with zero attached hydrogens (tertiary/aromatic N) is 1. The predicted octanol–water partition coefficient (Wildman–Crippen LogP) is 2.14. The average Bonchev–Trinajstić information content (AvgIpc) is 2.38. The Bertz CT molecular complexity index is 235. The van der Waals surface area contributed by atoms with Crippen LogP contribution < -0.4 is 0 Å². The number of carbonyl (C=O) groups is 1. The van der Waals surface area contributed by atoms with Gasteiger partial charge in [-0.3, -0.25) is 4.79 Å². The number of likely N-dealkylation sites (tertiary alicyclic amines) is 1. The molecule has 1 N–H and O–H groups in total. The topological polar surface area (TPSA) is 40.5 Å². The molecule has 0 aliphatic carbocycles. The molecule has 3 nitrogen and oxygen atoms in total. The summed E-state index contributed by atoms with van der Waals surface area (Å²) in [7, 11) is 0. The van der Waals surface area contributed by atoms with Gasteiger partial charge in [-0.1, -0.05) is 13.3 Å². The van der Waals surface area contributed by atoms with E-state index in [1.54, 1.807) is 11.8 Å². The largest absolute Gasteiger partial charge is 0.396 e. The summed E-state index contributed by atoms with van der Waals surface area (Å²) in [6.07, 6.45) is 4.45. The fraction of sp³-hybridized carbons (Fsp3) is 0.923. The smallest absolute Gasteiger partial charge is 0.235 e. The summed E-state index contributed by atoms with van der Waals surface area (Å²) >= 11 is 1.76. The van der Waals surface area contributed by atoms with Crippen molar-refractivity contribution in [1.29, 1.82) is 0 Å². The summed E-state index contributed by atoms with van der Waals surface area (Å²) in [6, 6.07) is 0. The summed E-state index contributed by atoms with van der Waals surface area (Å²) in [6.45, 7) is 6.00. The van der Waals surface area contributed by atoms with E-state index in [1.165, 1.54) is 12.8 Å². The van der Waals surface area contributed by atoms with Gasteiger partial charge in [-0.25, -0.2) is 0 Å². The highest BCUT2D eigenvalue weighted by Gasteiger charge is 2.26. The number of amides is 1. The highest BCUT2D eigenvalue weighted by Crippen LogP contribution is 2.20. The summed E-state index contributed by atoms with van der Waals surface area (Å²) < 4.78 is 0. The SMILES string of the molecule is CCCCSC(C)C(=O)N1CCCC(CO)C1. The van der Waals surface area contributed by atoms with Crippen LogP contribution in [0.2, 0.25) is 0 Å². The number of aliphatic hydroxyl groups is 1. The number of unbranched alkanes of at least 4 members (excludes halogenated alkanes) is 1. The number of carbonyl (C=O) groups excluding carboxylic acids is 1. The average molecular weight is 259 g/mol. The Hall–Kier alpha value is -0.220. The lowest BCUT2D eigenvalue weighted by atomic mass is 9.99. The highest BCUT2D eigenvalue weighted by molar-refractivity contribution is 8.00. The van der Waals surface area contributed by atoms with Crippen LogP contribution in [0, 0.1) is 5.92 Å². The van der Waals surface area contributed by atoms with Gasteiger partial charge in [0.1, 0.15) is 0 Å². The molecule has 17 heavy (non-hydrogen) atoms. The van der Waals surface area contributed by atoms with E-state index in [0.717, 1.165) is 31.7 Å². The van der Waals surface area contributed by atoms with E-state index >= 15 is 0 Å². The van der Waals surface area contributed by atoms with Crippen LogP contribution in [0.4, 0.5) is 0 Å². The van der Waals surface area contributed by atoms with Gasteiger partial charge in [-0.2, -0.15) is 0 Å². The highest BCUT2D eigenvalue weighted by atomic mass is 32.2. The minimum absolute atomic E-state index is 0.0685. The third-order valence-electron chi connectivity index (χ3n) is 3.30. The maximum Gasteiger partial charge on any atom is 0.235 e. The normalized spacial score (nSPS) is 22.5. The Kier molecular flexibility index (Phi) is 6.97. The molecule has 2 atom stereocenters. The van der Waals surface area contributed by atoms with E-state index in [-0.39, 0.29) is 17.8 Å². The Balaban J connectivity index is 2.34. The third kappa shape index (κ3) is 4.88. The number of piperidine rings is 1. The zero-order valence-electron chi connectivity index (χ0n) is 11.0. The molecule has 0 spiro atoms. The molecule has 0 aromatic carbocycles. The van der Waals surface area contributed by atoms with E-state index in [2.05, 4.69) is 6.92 Å². The lowest BCUT2D eigenvalue weighted by molar-refractivity contribution is -0.132. The van der Waals surface area contributed by atoms with Gasteiger partial charge in [-0.05, 0) is 37.9 Å². The number of thioether (sulfide) groups is 1. The van der Waals surface area contributed by atoms with Gasteiger partial charge < -0.3 is 10.0 Å². The first-order chi connectivity index (χ1) is 8.19. The number of aliphatic hydroxyl groups excluding tert-OH is 1. The Morgan fingerprint density at radius 3 is 3.00 bits per heavy atom. The van der Waals surface area contributed by atoms with Crippen molar-refractivity contribution in [1.82, 2.24) is 4.90 Å². The van der Waals surface area contributed by atoms with Crippen molar-refractivity contribution < 1.29 is 9.90 Å². The van der Waals surface area contributed by atoms with E-state index < -0.39 is 0 Å². The molecule has 0 bridgehead atoms. The van der Waals surface area contributed by atoms with E-state index in [1.807, 2.05) is 11.8 Å². The number of hydrogen-bond acceptors (Lipinski definition) is 3. The van der Waals surface area contributed by atoms with Crippen LogP contribution in [-0.2, 0) is 4.79 Å². The monoisotopic (exact) mass is 259 g/mol. The van der Waals surface area contributed by atoms with Gasteiger partial charge in [0.15, 0.2) is 0 Å². The molecule has 100 valence electrons. The quantitative estimate of drug-likeness (QED) is 0.743. The van der Waals surface area contributed by atoms with Crippen molar-refractivity contribution in [3.63, 3.8) is 0 Å². The van der Waals surface area contributed by atoms with Crippen molar-refractivity contribution >= 4 is 17.7 Å². The Morgan fingerprint density at radius 2 is 2.35 bits per heavy atom. The fourth-order valence-electron chi connectivity index (χ4n) is 2.15. The van der Waals surface area contributed by atoms with Gasteiger partial charge in [0, 0.05) is 19.7 Å². The van der Waals surface area contributed by atoms with Gasteiger partial charge >= 0.3 is 0 Å². The van der Waals surface area contributed by atoms with Crippen LogP contribution in [0.5, 0.6) is 0 Å². The number of hydrogen-bond donors (Lipinski definition) is 1. The standard InChI is InChI=1S/C13H25NO2S/c1-3-4-8-17-11(2)13(16)14-7-5-6-12(9-14)10-15/h11-12,15H,3-10H2,1-2H3. The number of rotatable bonds is 6. The van der Waals surface area contributed by atoms with Crippen molar-refractivity contribution in [2.45, 2.75) is 44.8 Å². The third-order valence-corrected chi connectivity index (χ3v) is 4.53. The molecular formula is C13H25NO2S.